The number of likely N-dealkylation sites (tertiary alicyclic amines) is 1. The van der Waals surface area contributed by atoms with E-state index >= 15 is 0 Å². The van der Waals surface area contributed by atoms with Crippen molar-refractivity contribution in [3.63, 3.8) is 0 Å². The molecule has 1 aromatic carbocycles. The maximum Gasteiger partial charge on any atom is 0.303 e. The molecule has 1 atom stereocenters. The summed E-state index contributed by atoms with van der Waals surface area (Å²) in [6, 6.07) is 5.82. The van der Waals surface area contributed by atoms with Crippen molar-refractivity contribution in [2.24, 2.45) is 5.92 Å². The Hall–Kier alpha value is -2.44. The van der Waals surface area contributed by atoms with Crippen LogP contribution < -0.4 is 0 Å². The van der Waals surface area contributed by atoms with E-state index in [1.165, 1.54) is 23.1 Å². The van der Waals surface area contributed by atoms with Crippen LogP contribution in [0, 0.1) is 16.0 Å². The number of carbonyl (C=O) groups excluding carboxylic acids is 1. The molecule has 2 rings (SSSR count). The highest BCUT2D eigenvalue weighted by Crippen LogP contribution is 2.24. The van der Waals surface area contributed by atoms with Gasteiger partial charge in [-0.05, 0) is 24.8 Å². The highest BCUT2D eigenvalue weighted by molar-refractivity contribution is 5.98. The average Bonchev–Trinajstić information content (AvgIpc) is 2.46. The first-order valence-corrected chi connectivity index (χ1v) is 6.73. The Morgan fingerprint density at radius 2 is 2.10 bits per heavy atom. The molecule has 21 heavy (non-hydrogen) atoms. The average molecular weight is 292 g/mol. The van der Waals surface area contributed by atoms with Gasteiger partial charge < -0.3 is 10.0 Å². The van der Waals surface area contributed by atoms with Gasteiger partial charge in [0.2, 0.25) is 0 Å². The third-order valence-corrected chi connectivity index (χ3v) is 3.60. The van der Waals surface area contributed by atoms with Crippen LogP contribution in [0.4, 0.5) is 5.69 Å². The zero-order valence-corrected chi connectivity index (χ0v) is 11.4. The highest BCUT2D eigenvalue weighted by Gasteiger charge is 2.29. The fraction of sp³-hybridized carbons (Fsp3) is 0.429. The zero-order chi connectivity index (χ0) is 15.4. The van der Waals surface area contributed by atoms with Gasteiger partial charge in [0.05, 0.1) is 4.92 Å². The van der Waals surface area contributed by atoms with Crippen molar-refractivity contribution in [1.82, 2.24) is 4.90 Å². The van der Waals surface area contributed by atoms with Crippen molar-refractivity contribution in [2.75, 3.05) is 13.1 Å². The van der Waals surface area contributed by atoms with Crippen LogP contribution in [0.15, 0.2) is 24.3 Å². The maximum atomic E-state index is 12.4. The molecule has 1 unspecified atom stereocenters. The Labute approximate surface area is 121 Å². The number of para-hydroxylation sites is 1. The highest BCUT2D eigenvalue weighted by atomic mass is 16.6. The first kappa shape index (κ1) is 15.0. The van der Waals surface area contributed by atoms with Gasteiger partial charge in [-0.3, -0.25) is 19.7 Å². The number of rotatable bonds is 4. The summed E-state index contributed by atoms with van der Waals surface area (Å²) in [6.45, 7) is 0.832. The van der Waals surface area contributed by atoms with E-state index in [0.717, 1.165) is 6.42 Å². The van der Waals surface area contributed by atoms with Gasteiger partial charge in [-0.15, -0.1) is 0 Å². The zero-order valence-electron chi connectivity index (χ0n) is 11.4. The number of aliphatic carboxylic acids is 1. The van der Waals surface area contributed by atoms with E-state index < -0.39 is 16.8 Å². The lowest BCUT2D eigenvalue weighted by Gasteiger charge is -2.32. The Bertz CT molecular complexity index is 572. The molecular weight excluding hydrogens is 276 g/mol. The molecule has 0 radical (unpaired) electrons. The van der Waals surface area contributed by atoms with Crippen molar-refractivity contribution >= 4 is 17.6 Å². The number of nitro groups is 1. The van der Waals surface area contributed by atoms with Crippen LogP contribution in [0.3, 0.4) is 0 Å². The largest absolute Gasteiger partial charge is 0.481 e. The predicted molar refractivity (Wildman–Crippen MR) is 74.0 cm³/mol. The number of amides is 1. The molecule has 1 fully saturated rings. The molecule has 0 spiro atoms. The standard InChI is InChI=1S/C14H16N2O5/c17-13(18)8-10-4-3-7-15(9-10)14(19)11-5-1-2-6-12(11)16(20)21/h1-2,5-6,10H,3-4,7-9H2,(H,17,18). The Kier molecular flexibility index (Phi) is 4.52. The van der Waals surface area contributed by atoms with Gasteiger partial charge in [-0.1, -0.05) is 12.1 Å². The van der Waals surface area contributed by atoms with Crippen LogP contribution in [0.5, 0.6) is 0 Å². The lowest BCUT2D eigenvalue weighted by molar-refractivity contribution is -0.385. The molecule has 1 heterocycles. The summed E-state index contributed by atoms with van der Waals surface area (Å²) in [4.78, 5) is 35.1. The molecule has 7 heteroatoms. The Morgan fingerprint density at radius 1 is 1.38 bits per heavy atom. The van der Waals surface area contributed by atoms with Gasteiger partial charge in [-0.25, -0.2) is 0 Å². The molecular formula is C14H16N2O5. The van der Waals surface area contributed by atoms with Crippen molar-refractivity contribution < 1.29 is 19.6 Å². The molecule has 0 aliphatic carbocycles. The number of carboxylic acid groups (broad SMARTS) is 1. The van der Waals surface area contributed by atoms with Gasteiger partial charge in [-0.2, -0.15) is 0 Å². The lowest BCUT2D eigenvalue weighted by atomic mass is 9.94. The van der Waals surface area contributed by atoms with E-state index in [9.17, 15) is 19.7 Å². The summed E-state index contributed by atoms with van der Waals surface area (Å²) in [5.41, 5.74) is -0.165. The number of carbonyl (C=O) groups is 2. The van der Waals surface area contributed by atoms with Crippen LogP contribution >= 0.6 is 0 Å². The van der Waals surface area contributed by atoms with Crippen LogP contribution in [-0.2, 0) is 4.79 Å². The predicted octanol–water partition coefficient (Wildman–Crippen LogP) is 1.92. The smallest absolute Gasteiger partial charge is 0.303 e. The summed E-state index contributed by atoms with van der Waals surface area (Å²) in [5, 5.41) is 19.8. The van der Waals surface area contributed by atoms with Gasteiger partial charge in [0, 0.05) is 25.6 Å². The minimum absolute atomic E-state index is 0.0145. The summed E-state index contributed by atoms with van der Waals surface area (Å²) in [5.74, 6) is -1.39. The molecule has 1 aliphatic rings. The third kappa shape index (κ3) is 3.56. The van der Waals surface area contributed by atoms with Crippen molar-refractivity contribution in [2.45, 2.75) is 19.3 Å². The second-order valence-electron chi connectivity index (χ2n) is 5.13. The molecule has 1 saturated heterocycles. The minimum atomic E-state index is -0.889. The first-order chi connectivity index (χ1) is 9.99. The van der Waals surface area contributed by atoms with E-state index in [1.807, 2.05) is 0 Å². The van der Waals surface area contributed by atoms with Crippen LogP contribution in [0.25, 0.3) is 0 Å². The van der Waals surface area contributed by atoms with E-state index in [1.54, 1.807) is 6.07 Å². The number of carboxylic acids is 1. The van der Waals surface area contributed by atoms with Gasteiger partial charge >= 0.3 is 5.97 Å². The molecule has 1 aliphatic heterocycles. The van der Waals surface area contributed by atoms with Crippen molar-refractivity contribution in [3.8, 4) is 0 Å². The number of benzene rings is 1. The summed E-state index contributed by atoms with van der Waals surface area (Å²) < 4.78 is 0. The monoisotopic (exact) mass is 292 g/mol. The Balaban J connectivity index is 2.16. The molecule has 112 valence electrons. The quantitative estimate of drug-likeness (QED) is 0.675. The number of hydrogen-bond donors (Lipinski definition) is 1. The van der Waals surface area contributed by atoms with Crippen LogP contribution in [0.1, 0.15) is 29.6 Å². The molecule has 0 bridgehead atoms. The van der Waals surface area contributed by atoms with E-state index in [0.29, 0.717) is 19.5 Å². The number of nitrogens with zero attached hydrogens (tertiary/aromatic N) is 2. The number of hydrogen-bond acceptors (Lipinski definition) is 4. The maximum absolute atomic E-state index is 12.4. The molecule has 7 nitrogen and oxygen atoms in total. The Morgan fingerprint density at radius 3 is 2.76 bits per heavy atom. The van der Waals surface area contributed by atoms with Gasteiger partial charge in [0.1, 0.15) is 5.56 Å². The van der Waals surface area contributed by atoms with E-state index in [2.05, 4.69) is 0 Å². The minimum Gasteiger partial charge on any atom is -0.481 e. The molecule has 0 saturated carbocycles. The van der Waals surface area contributed by atoms with E-state index in [4.69, 9.17) is 5.11 Å². The van der Waals surface area contributed by atoms with Gasteiger partial charge in [0.25, 0.3) is 11.6 Å². The van der Waals surface area contributed by atoms with Crippen LogP contribution in [0.2, 0.25) is 0 Å². The molecule has 1 aromatic rings. The van der Waals surface area contributed by atoms with Crippen LogP contribution in [-0.4, -0.2) is 39.9 Å². The normalized spacial score (nSPS) is 18.3. The summed E-state index contributed by atoms with van der Waals surface area (Å²) >= 11 is 0. The summed E-state index contributed by atoms with van der Waals surface area (Å²) in [6.07, 6.45) is 1.48. The van der Waals surface area contributed by atoms with E-state index in [-0.39, 0.29) is 23.6 Å². The SMILES string of the molecule is O=C(O)CC1CCCN(C(=O)c2ccccc2[N+](=O)[O-])C1. The lowest BCUT2D eigenvalue weighted by Crippen LogP contribution is -2.40. The third-order valence-electron chi connectivity index (χ3n) is 3.60. The topological polar surface area (TPSA) is 101 Å². The molecule has 0 aromatic heterocycles. The number of nitro benzene ring substituents is 1. The van der Waals surface area contributed by atoms with Crippen molar-refractivity contribution in [1.29, 1.82) is 0 Å². The molecule has 1 N–H and O–H groups in total. The summed E-state index contributed by atoms with van der Waals surface area (Å²) in [7, 11) is 0. The van der Waals surface area contributed by atoms with Crippen molar-refractivity contribution in [3.05, 3.63) is 39.9 Å². The fourth-order valence-corrected chi connectivity index (χ4v) is 2.65. The second kappa shape index (κ2) is 6.34. The molecule has 1 amide bonds. The number of piperidine rings is 1. The first-order valence-electron chi connectivity index (χ1n) is 6.73. The fourth-order valence-electron chi connectivity index (χ4n) is 2.65. The van der Waals surface area contributed by atoms with Gasteiger partial charge in [0.15, 0.2) is 0 Å². The second-order valence-corrected chi connectivity index (χ2v) is 5.13.